The summed E-state index contributed by atoms with van der Waals surface area (Å²) < 4.78 is 6.69. The largest absolute Gasteiger partial charge is 0.506 e. The Balaban J connectivity index is 2.30. The summed E-state index contributed by atoms with van der Waals surface area (Å²) in [4.78, 5) is 27.8. The van der Waals surface area contributed by atoms with E-state index in [-0.39, 0.29) is 17.4 Å². The van der Waals surface area contributed by atoms with Crippen molar-refractivity contribution in [2.45, 2.75) is 19.9 Å². The summed E-state index contributed by atoms with van der Waals surface area (Å²) in [6, 6.07) is 14.0. The van der Waals surface area contributed by atoms with Crippen LogP contribution >= 0.6 is 0 Å². The second-order valence-electron chi connectivity index (χ2n) is 6.55. The van der Waals surface area contributed by atoms with Gasteiger partial charge in [-0.05, 0) is 38.1 Å². The molecule has 6 nitrogen and oxygen atoms in total. The maximum Gasteiger partial charge on any atom is 0.267 e. The van der Waals surface area contributed by atoms with Crippen molar-refractivity contribution in [2.24, 2.45) is 7.05 Å². The third kappa shape index (κ3) is 3.03. The van der Waals surface area contributed by atoms with Crippen molar-refractivity contribution < 1.29 is 14.6 Å². The maximum atomic E-state index is 13.3. The Morgan fingerprint density at radius 1 is 1.11 bits per heavy atom. The average Bonchev–Trinajstić information content (AvgIpc) is 2.66. The summed E-state index contributed by atoms with van der Waals surface area (Å²) in [6.07, 6.45) is 0. The first kappa shape index (κ1) is 18.5. The van der Waals surface area contributed by atoms with Gasteiger partial charge in [-0.2, -0.15) is 0 Å². The highest BCUT2D eigenvalue weighted by Gasteiger charge is 2.29. The number of amides is 1. The number of hydrogen-bond acceptors (Lipinski definition) is 4. The number of aryl methyl sites for hydroxylation is 1. The lowest BCUT2D eigenvalue weighted by Gasteiger charge is -2.27. The van der Waals surface area contributed by atoms with Gasteiger partial charge in [0.15, 0.2) is 0 Å². The fraction of sp³-hybridized carbons (Fsp3) is 0.238. The molecule has 0 aliphatic heterocycles. The van der Waals surface area contributed by atoms with E-state index in [1.165, 1.54) is 16.6 Å². The molecule has 3 aromatic rings. The van der Waals surface area contributed by atoms with Gasteiger partial charge in [-0.3, -0.25) is 9.59 Å². The third-order valence-corrected chi connectivity index (χ3v) is 4.56. The number of hydrogen-bond donors (Lipinski definition) is 1. The molecule has 0 atom stereocenters. The Morgan fingerprint density at radius 2 is 1.78 bits per heavy atom. The van der Waals surface area contributed by atoms with Crippen LogP contribution in [0.25, 0.3) is 10.9 Å². The number of anilines is 1. The van der Waals surface area contributed by atoms with Crippen molar-refractivity contribution in [2.75, 3.05) is 12.0 Å². The molecule has 0 aliphatic carbocycles. The van der Waals surface area contributed by atoms with E-state index in [0.717, 1.165) is 0 Å². The number of nitrogens with zero attached hydrogens (tertiary/aromatic N) is 2. The van der Waals surface area contributed by atoms with Crippen molar-refractivity contribution in [1.82, 2.24) is 4.57 Å². The van der Waals surface area contributed by atoms with Gasteiger partial charge >= 0.3 is 0 Å². The zero-order chi connectivity index (χ0) is 19.7. The van der Waals surface area contributed by atoms with Crippen LogP contribution in [-0.4, -0.2) is 28.7 Å². The van der Waals surface area contributed by atoms with Gasteiger partial charge in [0.2, 0.25) is 0 Å². The van der Waals surface area contributed by atoms with E-state index in [2.05, 4.69) is 0 Å². The molecule has 0 fully saturated rings. The first-order valence-corrected chi connectivity index (χ1v) is 8.65. The number of fused-ring (bicyclic) bond motifs is 1. The fourth-order valence-corrected chi connectivity index (χ4v) is 3.26. The van der Waals surface area contributed by atoms with Crippen LogP contribution in [0.3, 0.4) is 0 Å². The topological polar surface area (TPSA) is 71.8 Å². The number of aromatic nitrogens is 1. The molecule has 1 aromatic heterocycles. The summed E-state index contributed by atoms with van der Waals surface area (Å²) in [6.45, 7) is 3.71. The van der Waals surface area contributed by atoms with Gasteiger partial charge in [0.1, 0.15) is 17.1 Å². The minimum Gasteiger partial charge on any atom is -0.506 e. The Labute approximate surface area is 157 Å². The van der Waals surface area contributed by atoms with Crippen molar-refractivity contribution >= 4 is 22.5 Å². The van der Waals surface area contributed by atoms with E-state index in [1.807, 2.05) is 32.0 Å². The second kappa shape index (κ2) is 7.15. The molecule has 1 N–H and O–H groups in total. The first-order valence-electron chi connectivity index (χ1n) is 8.65. The highest BCUT2D eigenvalue weighted by atomic mass is 16.5. The van der Waals surface area contributed by atoms with Crippen LogP contribution in [0, 0.1) is 0 Å². The molecule has 6 heteroatoms. The van der Waals surface area contributed by atoms with Crippen LogP contribution in [0.5, 0.6) is 11.5 Å². The van der Waals surface area contributed by atoms with Gasteiger partial charge in [-0.1, -0.05) is 24.3 Å². The molecule has 0 saturated heterocycles. The van der Waals surface area contributed by atoms with Crippen molar-refractivity contribution in [3.8, 4) is 11.5 Å². The van der Waals surface area contributed by atoms with E-state index in [9.17, 15) is 14.7 Å². The zero-order valence-electron chi connectivity index (χ0n) is 15.8. The van der Waals surface area contributed by atoms with Gasteiger partial charge in [-0.15, -0.1) is 0 Å². The van der Waals surface area contributed by atoms with Gasteiger partial charge in [0.05, 0.1) is 18.0 Å². The molecule has 0 spiro atoms. The summed E-state index contributed by atoms with van der Waals surface area (Å²) in [5, 5.41) is 11.2. The highest BCUT2D eigenvalue weighted by molar-refractivity contribution is 6.11. The lowest BCUT2D eigenvalue weighted by atomic mass is 10.1. The number of para-hydroxylation sites is 1. The lowest BCUT2D eigenvalue weighted by Crippen LogP contribution is -2.40. The molecule has 0 saturated carbocycles. The molecular formula is C21H22N2O4. The monoisotopic (exact) mass is 366 g/mol. The Kier molecular flexibility index (Phi) is 4.90. The molecule has 3 rings (SSSR count). The highest BCUT2D eigenvalue weighted by Crippen LogP contribution is 2.35. The quantitative estimate of drug-likeness (QED) is 0.769. The predicted octanol–water partition coefficient (Wildman–Crippen LogP) is 3.31. The van der Waals surface area contributed by atoms with Crippen molar-refractivity contribution in [3.63, 3.8) is 0 Å². The second-order valence-corrected chi connectivity index (χ2v) is 6.55. The van der Waals surface area contributed by atoms with E-state index < -0.39 is 11.5 Å². The molecule has 0 radical (unpaired) electrons. The number of ether oxygens (including phenoxy) is 1. The van der Waals surface area contributed by atoms with Crippen LogP contribution in [0.1, 0.15) is 24.2 Å². The van der Waals surface area contributed by atoms with Crippen LogP contribution < -0.4 is 15.2 Å². The predicted molar refractivity (Wildman–Crippen MR) is 106 cm³/mol. The average molecular weight is 366 g/mol. The molecule has 140 valence electrons. The van der Waals surface area contributed by atoms with E-state index in [4.69, 9.17) is 4.74 Å². The Morgan fingerprint density at radius 3 is 2.37 bits per heavy atom. The summed E-state index contributed by atoms with van der Waals surface area (Å²) in [7, 11) is 3.05. The molecule has 2 aromatic carbocycles. The van der Waals surface area contributed by atoms with Gasteiger partial charge in [-0.25, -0.2) is 0 Å². The normalized spacial score (nSPS) is 11.0. The zero-order valence-corrected chi connectivity index (χ0v) is 15.8. The van der Waals surface area contributed by atoms with Crippen LogP contribution in [-0.2, 0) is 7.05 Å². The molecule has 1 heterocycles. The van der Waals surface area contributed by atoms with Gasteiger partial charge in [0.25, 0.3) is 11.5 Å². The minimum atomic E-state index is -0.556. The maximum absolute atomic E-state index is 13.3. The van der Waals surface area contributed by atoms with Gasteiger partial charge in [0, 0.05) is 18.8 Å². The van der Waals surface area contributed by atoms with E-state index in [0.29, 0.717) is 22.3 Å². The Hall–Kier alpha value is -3.28. The molecule has 1 amide bonds. The van der Waals surface area contributed by atoms with E-state index in [1.54, 1.807) is 37.4 Å². The SMILES string of the molecule is COc1cccc2c1c(O)c(C(=O)N(c1ccccc1)C(C)C)c(=O)n2C. The Bertz CT molecular complexity index is 1060. The molecule has 0 aliphatic rings. The number of carbonyl (C=O) groups excluding carboxylic acids is 1. The number of pyridine rings is 1. The fourth-order valence-electron chi connectivity index (χ4n) is 3.26. The molecule has 0 unspecified atom stereocenters. The van der Waals surface area contributed by atoms with Crippen LogP contribution in [0.4, 0.5) is 5.69 Å². The number of rotatable bonds is 4. The van der Waals surface area contributed by atoms with Crippen molar-refractivity contribution in [1.29, 1.82) is 0 Å². The number of aromatic hydroxyl groups is 1. The molecule has 27 heavy (non-hydrogen) atoms. The number of carbonyl (C=O) groups is 1. The lowest BCUT2D eigenvalue weighted by molar-refractivity contribution is 0.0976. The standard InChI is InChI=1S/C21H22N2O4/c1-13(2)23(14-9-6-5-7-10-14)21(26)18-19(24)17-15(22(3)20(18)25)11-8-12-16(17)27-4/h5-13,24H,1-4H3. The number of methoxy groups -OCH3 is 1. The van der Waals surface area contributed by atoms with Crippen LogP contribution in [0.15, 0.2) is 53.3 Å². The summed E-state index contributed by atoms with van der Waals surface area (Å²) in [5.74, 6) is -0.523. The van der Waals surface area contributed by atoms with E-state index >= 15 is 0 Å². The van der Waals surface area contributed by atoms with Gasteiger partial charge < -0.3 is 19.3 Å². The van der Waals surface area contributed by atoms with Crippen molar-refractivity contribution in [3.05, 3.63) is 64.4 Å². The molecular weight excluding hydrogens is 344 g/mol. The van der Waals surface area contributed by atoms with Crippen LogP contribution in [0.2, 0.25) is 0 Å². The first-order chi connectivity index (χ1) is 12.9. The smallest absolute Gasteiger partial charge is 0.267 e. The summed E-state index contributed by atoms with van der Waals surface area (Å²) in [5.41, 5.74) is 0.315. The third-order valence-electron chi connectivity index (χ3n) is 4.56. The molecule has 0 bridgehead atoms. The number of benzene rings is 2. The summed E-state index contributed by atoms with van der Waals surface area (Å²) >= 11 is 0. The minimum absolute atomic E-state index is 0.211.